The van der Waals surface area contributed by atoms with Gasteiger partial charge in [0.1, 0.15) is 0 Å². The summed E-state index contributed by atoms with van der Waals surface area (Å²) >= 11 is 0. The van der Waals surface area contributed by atoms with E-state index in [9.17, 15) is 0 Å². The Kier molecular flexibility index (Phi) is 16.2. The van der Waals surface area contributed by atoms with Gasteiger partial charge in [-0.15, -0.1) is 0 Å². The summed E-state index contributed by atoms with van der Waals surface area (Å²) in [7, 11) is 0. The van der Waals surface area contributed by atoms with Gasteiger partial charge >= 0.3 is 0 Å². The molecule has 2 N–H and O–H groups in total. The zero-order chi connectivity index (χ0) is 26.3. The minimum Gasteiger partial charge on any atom is -0.396 e. The normalized spacial score (nSPS) is 37.9. The summed E-state index contributed by atoms with van der Waals surface area (Å²) in [5, 5.41) is 16.7. The lowest BCUT2D eigenvalue weighted by molar-refractivity contribution is -0.242. The predicted molar refractivity (Wildman–Crippen MR) is 163 cm³/mol. The van der Waals surface area contributed by atoms with E-state index < -0.39 is 0 Å². The van der Waals surface area contributed by atoms with Crippen LogP contribution in [-0.4, -0.2) is 23.6 Å². The van der Waals surface area contributed by atoms with Crippen LogP contribution in [0.3, 0.4) is 0 Å². The zero-order valence-electron chi connectivity index (χ0n) is 24.9. The number of unbranched alkanes of at least 4 members (excludes halogenated alkanes) is 1. The van der Waals surface area contributed by atoms with E-state index in [1.807, 2.05) is 13.8 Å². The molecule has 4 rings (SSSR count). The Balaban J connectivity index is 0.00000103. The number of aliphatic hydroxyl groups is 1. The lowest BCUT2D eigenvalue weighted by atomic mass is 9.40. The maximum absolute atomic E-state index is 8.57. The Labute approximate surface area is 233 Å². The van der Waals surface area contributed by atoms with Gasteiger partial charge in [-0.3, -0.25) is 5.26 Å². The topological polar surface area (TPSA) is 49.7 Å². The molecular formula is C34H70O3. The fraction of sp³-hybridized carbons (Fsp3) is 1.00. The van der Waals surface area contributed by atoms with Gasteiger partial charge in [-0.2, -0.15) is 0 Å². The largest absolute Gasteiger partial charge is 0.396 e. The van der Waals surface area contributed by atoms with Crippen molar-refractivity contribution in [3.63, 3.8) is 0 Å². The molecule has 0 heterocycles. The summed E-state index contributed by atoms with van der Waals surface area (Å²) in [5.41, 5.74) is 1.84. The fourth-order valence-electron chi connectivity index (χ4n) is 8.74. The molecule has 3 heteroatoms. The van der Waals surface area contributed by atoms with Crippen molar-refractivity contribution < 1.29 is 15.3 Å². The van der Waals surface area contributed by atoms with Crippen LogP contribution in [0.1, 0.15) is 154 Å². The van der Waals surface area contributed by atoms with E-state index in [1.165, 1.54) is 77.0 Å². The Morgan fingerprint density at radius 2 is 1.38 bits per heavy atom. The molecule has 4 saturated carbocycles. The van der Waals surface area contributed by atoms with E-state index in [2.05, 4.69) is 46.4 Å². The molecule has 4 aliphatic rings. The van der Waals surface area contributed by atoms with Gasteiger partial charge in [0.25, 0.3) is 0 Å². The lowest BCUT2D eigenvalue weighted by Crippen LogP contribution is -2.56. The smallest absolute Gasteiger partial charge is 0.0819 e. The van der Waals surface area contributed by atoms with Crippen LogP contribution in [0.4, 0.5) is 0 Å². The van der Waals surface area contributed by atoms with Gasteiger partial charge in [-0.05, 0) is 116 Å². The average Bonchev–Trinajstić information content (AvgIpc) is 3.13. The third kappa shape index (κ3) is 8.68. The van der Waals surface area contributed by atoms with Crippen molar-refractivity contribution in [3.8, 4) is 0 Å². The van der Waals surface area contributed by atoms with Gasteiger partial charge in [0.2, 0.25) is 0 Å². The van der Waals surface area contributed by atoms with E-state index in [1.54, 1.807) is 0 Å². The Morgan fingerprint density at radius 1 is 0.784 bits per heavy atom. The van der Waals surface area contributed by atoms with Crippen LogP contribution in [0.5, 0.6) is 0 Å². The first-order chi connectivity index (χ1) is 16.4. The molecule has 0 aromatic rings. The minimum absolute atomic E-state index is 0. The molecule has 4 fully saturated rings. The molecule has 0 aromatic heterocycles. The van der Waals surface area contributed by atoms with Crippen LogP contribution < -0.4 is 0 Å². The number of rotatable bonds is 6. The van der Waals surface area contributed by atoms with E-state index in [-0.39, 0.29) is 14.9 Å². The SMILES string of the molecule is C.C.CC(C)C.CC(C)CO.CC12CCC3C(CC[C@]4(C)CCCCC34C)C1CCC2CCCCOO. The number of aliphatic hydroxyl groups excluding tert-OH is 1. The van der Waals surface area contributed by atoms with E-state index in [0.29, 0.717) is 35.4 Å². The molecule has 37 heavy (non-hydrogen) atoms. The number of fused-ring (bicyclic) bond motifs is 5. The highest BCUT2D eigenvalue weighted by molar-refractivity contribution is 5.11. The molecule has 0 amide bonds. The lowest BCUT2D eigenvalue weighted by Gasteiger charge is -2.64. The van der Waals surface area contributed by atoms with Crippen molar-refractivity contribution >= 4 is 0 Å². The molecule has 0 aliphatic heterocycles. The van der Waals surface area contributed by atoms with Gasteiger partial charge in [-0.1, -0.05) is 89.5 Å². The number of hydrogen-bond acceptors (Lipinski definition) is 3. The van der Waals surface area contributed by atoms with Crippen molar-refractivity contribution in [1.29, 1.82) is 0 Å². The minimum atomic E-state index is 0. The molecule has 4 aliphatic carbocycles. The van der Waals surface area contributed by atoms with Crippen LogP contribution in [0.15, 0.2) is 0 Å². The van der Waals surface area contributed by atoms with Crippen LogP contribution in [0.2, 0.25) is 0 Å². The Bertz CT molecular complexity index is 601. The average molecular weight is 527 g/mol. The van der Waals surface area contributed by atoms with Crippen LogP contribution in [-0.2, 0) is 4.89 Å². The zero-order valence-corrected chi connectivity index (χ0v) is 24.9. The van der Waals surface area contributed by atoms with E-state index in [0.717, 1.165) is 36.0 Å². The molecule has 0 aromatic carbocycles. The van der Waals surface area contributed by atoms with Crippen molar-refractivity contribution in [2.75, 3.05) is 13.2 Å². The highest BCUT2D eigenvalue weighted by Crippen LogP contribution is 2.70. The van der Waals surface area contributed by atoms with Crippen LogP contribution >= 0.6 is 0 Å². The van der Waals surface area contributed by atoms with Gasteiger partial charge < -0.3 is 5.11 Å². The molecule has 0 radical (unpaired) electrons. The van der Waals surface area contributed by atoms with Crippen molar-refractivity contribution in [3.05, 3.63) is 0 Å². The first kappa shape index (κ1) is 36.9. The maximum atomic E-state index is 8.57. The van der Waals surface area contributed by atoms with E-state index in [4.69, 9.17) is 10.4 Å². The monoisotopic (exact) mass is 527 g/mol. The van der Waals surface area contributed by atoms with Gasteiger partial charge in [0.15, 0.2) is 0 Å². The molecule has 224 valence electrons. The first-order valence-electron chi connectivity index (χ1n) is 15.3. The second-order valence-electron chi connectivity index (χ2n) is 14.6. The van der Waals surface area contributed by atoms with Crippen LogP contribution in [0.25, 0.3) is 0 Å². The highest BCUT2D eigenvalue weighted by atomic mass is 17.1. The standard InChI is InChI=1S/C24H42O2.C4H10O.C4H10.2CH4/c1-22-13-5-6-14-24(22,3)21-12-16-23(2)18(8-4-7-17-26-25)9-10-20(23)19(21)11-15-22;1-4(2)3-5;1-4(2)3;;/h18-21,25H,4-17H2,1-3H3;4-5H,3H2,1-2H3;4H,1-3H3;2*1H4/t18?,19?,20?,21?,22-,23?,24?;;;;/m0..../s1. The summed E-state index contributed by atoms with van der Waals surface area (Å²) < 4.78 is 0. The molecule has 0 bridgehead atoms. The summed E-state index contributed by atoms with van der Waals surface area (Å²) in [4.78, 5) is 4.28. The second kappa shape index (κ2) is 16.2. The molecular weight excluding hydrogens is 456 g/mol. The molecule has 0 spiro atoms. The van der Waals surface area contributed by atoms with Crippen molar-refractivity contribution in [2.45, 2.75) is 154 Å². The van der Waals surface area contributed by atoms with E-state index >= 15 is 0 Å². The van der Waals surface area contributed by atoms with Crippen molar-refractivity contribution in [1.82, 2.24) is 0 Å². The summed E-state index contributed by atoms with van der Waals surface area (Å²) in [6.45, 7) is 19.3. The van der Waals surface area contributed by atoms with Crippen LogP contribution in [0, 0.1) is 51.8 Å². The second-order valence-corrected chi connectivity index (χ2v) is 14.6. The third-order valence-electron chi connectivity index (χ3n) is 10.9. The predicted octanol–water partition coefficient (Wildman–Crippen LogP) is 10.7. The Hall–Kier alpha value is -0.120. The molecule has 3 nitrogen and oxygen atoms in total. The molecule has 7 atom stereocenters. The first-order valence-corrected chi connectivity index (χ1v) is 15.3. The number of hydrogen-bond donors (Lipinski definition) is 2. The molecule has 0 saturated heterocycles. The maximum Gasteiger partial charge on any atom is 0.0819 e. The molecule has 6 unspecified atom stereocenters. The summed E-state index contributed by atoms with van der Waals surface area (Å²) in [5.74, 6) is 5.19. The van der Waals surface area contributed by atoms with Gasteiger partial charge in [0, 0.05) is 6.61 Å². The Morgan fingerprint density at radius 3 is 1.95 bits per heavy atom. The summed E-state index contributed by atoms with van der Waals surface area (Å²) in [6, 6.07) is 0. The quantitative estimate of drug-likeness (QED) is 0.205. The fourth-order valence-corrected chi connectivity index (χ4v) is 8.74. The highest BCUT2D eigenvalue weighted by Gasteiger charge is 2.62. The summed E-state index contributed by atoms with van der Waals surface area (Å²) in [6.07, 6.45) is 18.5. The third-order valence-corrected chi connectivity index (χ3v) is 10.9. The van der Waals surface area contributed by atoms with Crippen molar-refractivity contribution in [2.24, 2.45) is 51.8 Å². The van der Waals surface area contributed by atoms with Gasteiger partial charge in [-0.25, -0.2) is 4.89 Å². The van der Waals surface area contributed by atoms with Gasteiger partial charge in [0.05, 0.1) is 6.61 Å².